The molecule has 0 spiro atoms. The van der Waals surface area contributed by atoms with E-state index in [-0.39, 0.29) is 47.9 Å². The number of carbonyl (C=O) groups excluding carboxylic acids is 1. The third-order valence-electron chi connectivity index (χ3n) is 8.82. The number of rotatable bonds is 10. The Bertz CT molecular complexity index is 1760. The Balaban J connectivity index is 1.53. The van der Waals surface area contributed by atoms with Crippen LogP contribution in [0.2, 0.25) is 0 Å². The summed E-state index contributed by atoms with van der Waals surface area (Å²) in [6.45, 7) is 8.72. The summed E-state index contributed by atoms with van der Waals surface area (Å²) in [5.41, 5.74) is 4.55. The Morgan fingerprint density at radius 2 is 1.41 bits per heavy atom. The first-order chi connectivity index (χ1) is 20.4. The first-order valence-electron chi connectivity index (χ1n) is 14.6. The van der Waals surface area contributed by atoms with Crippen molar-refractivity contribution in [3.05, 3.63) is 94.4 Å². The van der Waals surface area contributed by atoms with Gasteiger partial charge in [0, 0.05) is 47.5 Å². The van der Waals surface area contributed by atoms with Crippen molar-refractivity contribution in [1.82, 2.24) is 0 Å². The maximum Gasteiger partial charge on any atom is 0.325 e. The molecule has 234 valence electrons. The molecule has 0 aromatic heterocycles. The smallest absolute Gasteiger partial charge is 0.325 e. The minimum absolute atomic E-state index is 0.140. The highest BCUT2D eigenvalue weighted by Gasteiger charge is 2.47. The van der Waals surface area contributed by atoms with Crippen molar-refractivity contribution in [2.45, 2.75) is 51.4 Å². The molecule has 44 heavy (non-hydrogen) atoms. The monoisotopic (exact) mass is 641 g/mol. The summed E-state index contributed by atoms with van der Waals surface area (Å²) < 4.78 is 25.0. The number of fused-ring (bicyclic) bond motifs is 2. The summed E-state index contributed by atoms with van der Waals surface area (Å²) in [7, 11) is -8.36. The van der Waals surface area contributed by atoms with Crippen molar-refractivity contribution in [3.63, 3.8) is 0 Å². The largest absolute Gasteiger partial charge is 0.506 e. The second kappa shape index (κ2) is 11.4. The molecule has 0 unspecified atom stereocenters. The van der Waals surface area contributed by atoms with E-state index in [1.165, 1.54) is 0 Å². The van der Waals surface area contributed by atoms with E-state index in [9.17, 15) is 38.6 Å². The van der Waals surface area contributed by atoms with Crippen molar-refractivity contribution < 1.29 is 43.2 Å². The zero-order valence-electron chi connectivity index (χ0n) is 25.3. The second-order valence-corrected chi connectivity index (χ2v) is 16.2. The van der Waals surface area contributed by atoms with Gasteiger partial charge in [0.25, 0.3) is 0 Å². The van der Waals surface area contributed by atoms with Crippen LogP contribution in [0.3, 0.4) is 0 Å². The molecule has 5 rings (SSSR count). The lowest BCUT2D eigenvalue weighted by Gasteiger charge is -2.29. The summed E-state index contributed by atoms with van der Waals surface area (Å²) in [5, 5.41) is 11.3. The van der Waals surface area contributed by atoms with Gasteiger partial charge in [-0.2, -0.15) is 4.58 Å². The van der Waals surface area contributed by atoms with E-state index in [1.807, 2.05) is 85.7 Å². The maximum absolute atomic E-state index is 13.6. The number of aliphatic hydroxyl groups excluding tert-OH is 1. The number of Topliss-reactive ketones (excluding diaryl/α,β-unsaturated/α-hetero) is 1. The minimum atomic E-state index is -4.18. The highest BCUT2D eigenvalue weighted by atomic mass is 31.2. The fourth-order valence-electron chi connectivity index (χ4n) is 6.54. The number of hydrogen-bond donors (Lipinski definition) is 5. The molecule has 2 aliphatic heterocycles. The Hall–Kier alpha value is -3.10. The van der Waals surface area contributed by atoms with Crippen LogP contribution in [0, 0.1) is 0 Å². The highest BCUT2D eigenvalue weighted by Crippen LogP contribution is 2.49. The Morgan fingerprint density at radius 1 is 0.818 bits per heavy atom. The number of para-hydroxylation sites is 2. The van der Waals surface area contributed by atoms with E-state index >= 15 is 0 Å². The molecule has 2 heterocycles. The molecule has 12 heteroatoms. The predicted octanol–water partition coefficient (Wildman–Crippen LogP) is 5.20. The van der Waals surface area contributed by atoms with Crippen LogP contribution in [0.25, 0.3) is 0 Å². The number of allylic oxidation sites excluding steroid dienone is 5. The third-order valence-corrected chi connectivity index (χ3v) is 10.6. The number of hydrogen-bond acceptors (Lipinski definition) is 5. The SMILES string of the molecule is CC1(C)C(/C=C2\C(=O)C(/C=C3\N(CCCP(=O)(O)O)c4ccccc4C3(C)C)=C2O)=[N+](CCCP(=O)(O)O)c2ccccc21. The van der Waals surface area contributed by atoms with Crippen molar-refractivity contribution >= 4 is 38.1 Å². The van der Waals surface area contributed by atoms with Gasteiger partial charge in [0.05, 0.1) is 28.9 Å². The summed E-state index contributed by atoms with van der Waals surface area (Å²) in [6.07, 6.45) is 3.32. The number of ketones is 1. The number of carbonyl (C=O) groups is 1. The summed E-state index contributed by atoms with van der Waals surface area (Å²) in [5.74, 6) is -0.467. The highest BCUT2D eigenvalue weighted by molar-refractivity contribution is 7.52. The van der Waals surface area contributed by atoms with Gasteiger partial charge in [-0.3, -0.25) is 13.9 Å². The van der Waals surface area contributed by atoms with Crippen molar-refractivity contribution in [3.8, 4) is 0 Å². The fourth-order valence-corrected chi connectivity index (χ4v) is 7.64. The molecule has 0 saturated heterocycles. The molecule has 5 N–H and O–H groups in total. The zero-order valence-corrected chi connectivity index (χ0v) is 27.1. The Morgan fingerprint density at radius 3 is 2.05 bits per heavy atom. The second-order valence-electron chi connectivity index (χ2n) is 12.6. The Labute approximate surface area is 257 Å². The number of anilines is 1. The normalized spacial score (nSPS) is 20.9. The van der Waals surface area contributed by atoms with Crippen LogP contribution in [0.5, 0.6) is 0 Å². The first-order valence-corrected chi connectivity index (χ1v) is 18.2. The molecule has 3 aliphatic rings. The minimum Gasteiger partial charge on any atom is -0.506 e. The van der Waals surface area contributed by atoms with E-state index in [1.54, 1.807) is 12.2 Å². The fraction of sp³-hybridized carbons (Fsp3) is 0.375. The molecular formula is C32H39N2O8P2+. The molecule has 0 saturated carbocycles. The molecule has 2 aromatic carbocycles. The van der Waals surface area contributed by atoms with Crippen molar-refractivity contribution in [1.29, 1.82) is 0 Å². The van der Waals surface area contributed by atoms with Gasteiger partial charge in [-0.05, 0) is 38.0 Å². The van der Waals surface area contributed by atoms with Gasteiger partial charge in [-0.1, -0.05) is 50.2 Å². The van der Waals surface area contributed by atoms with Crippen molar-refractivity contribution in [2.24, 2.45) is 0 Å². The van der Waals surface area contributed by atoms with Gasteiger partial charge in [-0.25, -0.2) is 0 Å². The van der Waals surface area contributed by atoms with Crippen molar-refractivity contribution in [2.75, 3.05) is 30.3 Å². The molecule has 0 amide bonds. The van der Waals surface area contributed by atoms with Gasteiger partial charge in [0.1, 0.15) is 12.3 Å². The first kappa shape index (κ1) is 32.3. The van der Waals surface area contributed by atoms with Gasteiger partial charge in [0.2, 0.25) is 11.5 Å². The molecule has 0 atom stereocenters. The summed E-state index contributed by atoms with van der Waals surface area (Å²) in [4.78, 5) is 53.2. The van der Waals surface area contributed by atoms with E-state index < -0.39 is 26.0 Å². The lowest BCUT2D eigenvalue weighted by Crippen LogP contribution is -2.32. The van der Waals surface area contributed by atoms with Gasteiger partial charge in [-0.15, -0.1) is 0 Å². The van der Waals surface area contributed by atoms with Gasteiger partial charge >= 0.3 is 15.2 Å². The Kier molecular flexibility index (Phi) is 8.34. The maximum atomic E-state index is 13.6. The van der Waals surface area contributed by atoms with E-state index in [0.29, 0.717) is 13.1 Å². The van der Waals surface area contributed by atoms with Gasteiger partial charge < -0.3 is 29.6 Å². The topological polar surface area (TPSA) is 159 Å². The number of nitrogens with zero attached hydrogens (tertiary/aromatic N) is 2. The number of aliphatic hydroxyl groups is 1. The van der Waals surface area contributed by atoms with Gasteiger partial charge in [0.15, 0.2) is 5.71 Å². The molecule has 0 bridgehead atoms. The predicted molar refractivity (Wildman–Crippen MR) is 170 cm³/mol. The van der Waals surface area contributed by atoms with Crippen LogP contribution >= 0.6 is 15.2 Å². The molecule has 0 radical (unpaired) electrons. The van der Waals surface area contributed by atoms with Crippen LogP contribution in [0.4, 0.5) is 11.4 Å². The third kappa shape index (κ3) is 5.95. The summed E-state index contributed by atoms with van der Waals surface area (Å²) >= 11 is 0. The molecular weight excluding hydrogens is 602 g/mol. The zero-order chi connectivity index (χ0) is 32.2. The lowest BCUT2D eigenvalue weighted by molar-refractivity contribution is -0.437. The van der Waals surface area contributed by atoms with Crippen LogP contribution in [0.1, 0.15) is 51.7 Å². The molecule has 10 nitrogen and oxygen atoms in total. The molecule has 2 aromatic rings. The average molecular weight is 642 g/mol. The molecule has 1 aliphatic carbocycles. The molecule has 0 fully saturated rings. The van der Waals surface area contributed by atoms with Crippen LogP contribution in [-0.2, 0) is 24.8 Å². The van der Waals surface area contributed by atoms with E-state index in [0.717, 1.165) is 33.9 Å². The van der Waals surface area contributed by atoms with Crippen LogP contribution in [-0.4, -0.2) is 66.2 Å². The lowest BCUT2D eigenvalue weighted by atomic mass is 9.77. The quantitative estimate of drug-likeness (QED) is 0.134. The van der Waals surface area contributed by atoms with E-state index in [4.69, 9.17) is 0 Å². The standard InChI is InChI=1S/C32H38N2O8P2/c1-31(2)23-11-5-7-13-25(23)33(15-9-17-43(37,38)39)27(31)19-21-29(35)22(30(21)36)20-28-32(3,4)24-12-6-8-14-26(24)34(28)16-10-18-44(40,41)42/h5-8,11-14,19-20H,9-10,15-18H2,1-4H3,(H4-,35,36,37,38,39,40,41,42)/p+1. The summed E-state index contributed by atoms with van der Waals surface area (Å²) in [6, 6.07) is 15.5. The van der Waals surface area contributed by atoms with Crippen LogP contribution < -0.4 is 4.90 Å². The van der Waals surface area contributed by atoms with E-state index in [2.05, 4.69) is 0 Å². The average Bonchev–Trinajstić information content (AvgIpc) is 3.27. The van der Waals surface area contributed by atoms with Crippen LogP contribution in [0.15, 0.2) is 83.3 Å². The number of benzene rings is 2.